The zero-order valence-corrected chi connectivity index (χ0v) is 14.1. The number of nitrogens with zero attached hydrogens (tertiary/aromatic N) is 6. The highest BCUT2D eigenvalue weighted by Gasteiger charge is 2.18. The van der Waals surface area contributed by atoms with Crippen molar-refractivity contribution in [3.8, 4) is 5.69 Å². The summed E-state index contributed by atoms with van der Waals surface area (Å²) in [6.07, 6.45) is 3.55. The first kappa shape index (κ1) is 16.2. The van der Waals surface area contributed by atoms with Crippen molar-refractivity contribution in [2.45, 2.75) is 18.1 Å². The van der Waals surface area contributed by atoms with Gasteiger partial charge in [0.05, 0.1) is 17.5 Å². The third-order valence-electron chi connectivity index (χ3n) is 3.37. The van der Waals surface area contributed by atoms with Crippen molar-refractivity contribution in [2.24, 2.45) is 7.05 Å². The minimum atomic E-state index is -0.310. The van der Waals surface area contributed by atoms with Crippen LogP contribution in [-0.4, -0.2) is 41.4 Å². The molecule has 2 aromatic heterocycles. The summed E-state index contributed by atoms with van der Waals surface area (Å²) in [5.74, 6) is 0.761. The van der Waals surface area contributed by atoms with Crippen LogP contribution in [0.4, 0.5) is 0 Å². The van der Waals surface area contributed by atoms with Gasteiger partial charge in [-0.3, -0.25) is 4.79 Å². The van der Waals surface area contributed by atoms with Crippen LogP contribution in [0, 0.1) is 0 Å². The highest BCUT2D eigenvalue weighted by molar-refractivity contribution is 7.99. The quantitative estimate of drug-likeness (QED) is 0.680. The Bertz CT molecular complexity index is 814. The third kappa shape index (κ3) is 3.62. The second kappa shape index (κ2) is 7.26. The zero-order chi connectivity index (χ0) is 16.9. The molecule has 0 saturated heterocycles. The van der Waals surface area contributed by atoms with E-state index in [1.165, 1.54) is 11.8 Å². The highest BCUT2D eigenvalue weighted by Crippen LogP contribution is 2.16. The summed E-state index contributed by atoms with van der Waals surface area (Å²) in [5.41, 5.74) is 0.848. The van der Waals surface area contributed by atoms with E-state index < -0.39 is 0 Å². The number of carbonyl (C=O) groups excluding carboxylic acids is 1. The molecule has 2 heterocycles. The van der Waals surface area contributed by atoms with Gasteiger partial charge in [-0.15, -0.1) is 5.10 Å². The number of hydrogen-bond acceptors (Lipinski definition) is 6. The molecule has 0 unspecified atom stereocenters. The zero-order valence-electron chi connectivity index (χ0n) is 13.3. The molecule has 0 aliphatic carbocycles. The van der Waals surface area contributed by atoms with Gasteiger partial charge in [0.25, 0.3) is 0 Å². The number of tetrazole rings is 1. The van der Waals surface area contributed by atoms with E-state index in [-0.39, 0.29) is 17.7 Å². The standard InChI is InChI=1S/C15H17N7OS/c1-11(17-13(23)10-24-15-16-8-9-21(15)2)14-18-19-20-22(14)12-6-4-3-5-7-12/h3-9,11H,10H2,1-2H3,(H,17,23)/t11-/m1/s1. The molecular formula is C15H17N7OS. The molecule has 0 aliphatic heterocycles. The van der Waals surface area contributed by atoms with Crippen LogP contribution in [0.5, 0.6) is 0 Å². The van der Waals surface area contributed by atoms with Gasteiger partial charge in [-0.2, -0.15) is 4.68 Å². The fourth-order valence-electron chi connectivity index (χ4n) is 2.19. The van der Waals surface area contributed by atoms with Crippen LogP contribution in [0.3, 0.4) is 0 Å². The Balaban J connectivity index is 1.63. The smallest absolute Gasteiger partial charge is 0.231 e. The van der Waals surface area contributed by atoms with E-state index >= 15 is 0 Å². The fourth-order valence-corrected chi connectivity index (χ4v) is 2.93. The summed E-state index contributed by atoms with van der Waals surface area (Å²) in [6.45, 7) is 1.86. The van der Waals surface area contributed by atoms with Crippen molar-refractivity contribution in [1.29, 1.82) is 0 Å². The second-order valence-electron chi connectivity index (χ2n) is 5.18. The predicted octanol–water partition coefficient (Wildman–Crippen LogP) is 1.37. The number of nitrogens with one attached hydrogen (secondary N) is 1. The molecule has 0 fully saturated rings. The van der Waals surface area contributed by atoms with Crippen molar-refractivity contribution >= 4 is 17.7 Å². The number of aromatic nitrogens is 6. The summed E-state index contributed by atoms with van der Waals surface area (Å²) in [4.78, 5) is 16.3. The molecule has 3 rings (SSSR count). The van der Waals surface area contributed by atoms with Crippen molar-refractivity contribution in [2.75, 3.05) is 5.75 Å². The number of amides is 1. The third-order valence-corrected chi connectivity index (χ3v) is 4.43. The van der Waals surface area contributed by atoms with Gasteiger partial charge in [-0.25, -0.2) is 4.98 Å². The molecule has 9 heteroatoms. The second-order valence-corrected chi connectivity index (χ2v) is 6.13. The normalized spacial score (nSPS) is 12.1. The summed E-state index contributed by atoms with van der Waals surface area (Å²) < 4.78 is 3.49. The van der Waals surface area contributed by atoms with Crippen LogP contribution in [0.1, 0.15) is 18.8 Å². The van der Waals surface area contributed by atoms with Gasteiger partial charge in [0.1, 0.15) is 0 Å². The van der Waals surface area contributed by atoms with Gasteiger partial charge in [-0.05, 0) is 29.5 Å². The highest BCUT2D eigenvalue weighted by atomic mass is 32.2. The number of hydrogen-bond donors (Lipinski definition) is 1. The van der Waals surface area contributed by atoms with Crippen LogP contribution in [-0.2, 0) is 11.8 Å². The first-order chi connectivity index (χ1) is 11.6. The SMILES string of the molecule is C[C@@H](NC(=O)CSc1nccn1C)c1nnnn1-c1ccccc1. The minimum absolute atomic E-state index is 0.0990. The number of rotatable bonds is 6. The Hall–Kier alpha value is -2.68. The summed E-state index contributed by atoms with van der Waals surface area (Å²) in [5, 5.41) is 15.5. The maximum absolute atomic E-state index is 12.2. The van der Waals surface area contributed by atoms with Crippen LogP contribution < -0.4 is 5.32 Å². The lowest BCUT2D eigenvalue weighted by molar-refractivity contribution is -0.119. The number of imidazole rings is 1. The largest absolute Gasteiger partial charge is 0.346 e. The molecule has 0 bridgehead atoms. The molecule has 8 nitrogen and oxygen atoms in total. The maximum Gasteiger partial charge on any atom is 0.231 e. The number of para-hydroxylation sites is 1. The van der Waals surface area contributed by atoms with Gasteiger partial charge >= 0.3 is 0 Å². The molecule has 124 valence electrons. The van der Waals surface area contributed by atoms with Crippen LogP contribution in [0.2, 0.25) is 0 Å². The van der Waals surface area contributed by atoms with Gasteiger partial charge < -0.3 is 9.88 Å². The Labute approximate surface area is 143 Å². The van der Waals surface area contributed by atoms with Crippen molar-refractivity contribution in [3.05, 3.63) is 48.5 Å². The molecule has 1 amide bonds. The molecule has 24 heavy (non-hydrogen) atoms. The Morgan fingerprint density at radius 3 is 2.83 bits per heavy atom. The Morgan fingerprint density at radius 2 is 2.12 bits per heavy atom. The van der Waals surface area contributed by atoms with E-state index in [0.717, 1.165) is 10.8 Å². The van der Waals surface area contributed by atoms with Gasteiger partial charge in [0.15, 0.2) is 11.0 Å². The minimum Gasteiger partial charge on any atom is -0.346 e. The van der Waals surface area contributed by atoms with E-state index in [4.69, 9.17) is 0 Å². The number of thioether (sulfide) groups is 1. The van der Waals surface area contributed by atoms with E-state index in [1.54, 1.807) is 10.9 Å². The van der Waals surface area contributed by atoms with Crippen LogP contribution in [0.25, 0.3) is 5.69 Å². The topological polar surface area (TPSA) is 90.5 Å². The van der Waals surface area contributed by atoms with Crippen LogP contribution >= 0.6 is 11.8 Å². The molecule has 1 aromatic carbocycles. The predicted molar refractivity (Wildman–Crippen MR) is 89.6 cm³/mol. The first-order valence-corrected chi connectivity index (χ1v) is 8.37. The number of aryl methyl sites for hydroxylation is 1. The molecule has 0 aliphatic rings. The number of benzene rings is 1. The summed E-state index contributed by atoms with van der Waals surface area (Å²) in [7, 11) is 1.89. The van der Waals surface area contributed by atoms with E-state index in [9.17, 15) is 4.79 Å². The average Bonchev–Trinajstić information content (AvgIpc) is 3.22. The number of carbonyl (C=O) groups is 1. The molecule has 1 N–H and O–H groups in total. The molecule has 0 spiro atoms. The van der Waals surface area contributed by atoms with Gasteiger partial charge in [-0.1, -0.05) is 30.0 Å². The monoisotopic (exact) mass is 343 g/mol. The van der Waals surface area contributed by atoms with E-state index in [2.05, 4.69) is 25.8 Å². The first-order valence-electron chi connectivity index (χ1n) is 7.38. The van der Waals surface area contributed by atoms with Crippen molar-refractivity contribution in [1.82, 2.24) is 35.1 Å². The lowest BCUT2D eigenvalue weighted by atomic mass is 10.3. The van der Waals surface area contributed by atoms with Gasteiger partial charge in [0, 0.05) is 19.4 Å². The van der Waals surface area contributed by atoms with Crippen molar-refractivity contribution in [3.63, 3.8) is 0 Å². The molecular weight excluding hydrogens is 326 g/mol. The van der Waals surface area contributed by atoms with E-state index in [1.807, 2.05) is 55.1 Å². The molecule has 0 radical (unpaired) electrons. The fraction of sp³-hybridized carbons (Fsp3) is 0.267. The van der Waals surface area contributed by atoms with Gasteiger partial charge in [0.2, 0.25) is 5.91 Å². The lowest BCUT2D eigenvalue weighted by Gasteiger charge is -2.13. The molecule has 1 atom stereocenters. The lowest BCUT2D eigenvalue weighted by Crippen LogP contribution is -2.30. The molecule has 0 saturated carbocycles. The maximum atomic E-state index is 12.2. The average molecular weight is 343 g/mol. The Morgan fingerprint density at radius 1 is 1.33 bits per heavy atom. The summed E-state index contributed by atoms with van der Waals surface area (Å²) in [6, 6.07) is 9.25. The molecule has 3 aromatic rings. The van der Waals surface area contributed by atoms with Crippen LogP contribution in [0.15, 0.2) is 47.9 Å². The van der Waals surface area contributed by atoms with E-state index in [0.29, 0.717) is 5.82 Å². The van der Waals surface area contributed by atoms with Crippen molar-refractivity contribution < 1.29 is 4.79 Å². The summed E-state index contributed by atoms with van der Waals surface area (Å²) >= 11 is 1.38. The Kier molecular flexibility index (Phi) is 4.90.